The number of nitrogens with zero attached hydrogens (tertiary/aromatic N) is 3. The van der Waals surface area contributed by atoms with Crippen LogP contribution in [-0.4, -0.2) is 43.5 Å². The molecule has 0 bridgehead atoms. The summed E-state index contributed by atoms with van der Waals surface area (Å²) in [6.45, 7) is 1.72. The minimum absolute atomic E-state index is 0.171. The maximum atomic E-state index is 12.2. The van der Waals surface area contributed by atoms with Crippen LogP contribution in [0.2, 0.25) is 0 Å². The van der Waals surface area contributed by atoms with Crippen molar-refractivity contribution in [2.75, 3.05) is 24.7 Å². The minimum atomic E-state index is -3.59. The molecule has 0 unspecified atom stereocenters. The fraction of sp³-hybridized carbons (Fsp3) is 0.158. The summed E-state index contributed by atoms with van der Waals surface area (Å²) in [5, 5.41) is 8.09. The molecule has 11 heteroatoms. The van der Waals surface area contributed by atoms with Crippen molar-refractivity contribution in [1.29, 1.82) is 0 Å². The van der Waals surface area contributed by atoms with Crippen LogP contribution in [0, 0.1) is 6.92 Å². The minimum Gasteiger partial charge on any atom is -0.341 e. The maximum absolute atomic E-state index is 12.2. The summed E-state index contributed by atoms with van der Waals surface area (Å²) in [6, 6.07) is 9.76. The molecule has 10 nitrogen and oxygen atoms in total. The van der Waals surface area contributed by atoms with Crippen LogP contribution in [0.15, 0.2) is 53.7 Å². The first-order valence-corrected chi connectivity index (χ1v) is 10.4. The van der Waals surface area contributed by atoms with Gasteiger partial charge in [-0.1, -0.05) is 6.07 Å². The second kappa shape index (κ2) is 8.84. The van der Waals surface area contributed by atoms with Crippen LogP contribution in [-0.2, 0) is 10.0 Å². The summed E-state index contributed by atoms with van der Waals surface area (Å²) < 4.78 is 26.7. The molecule has 1 aromatic carbocycles. The predicted octanol–water partition coefficient (Wildman–Crippen LogP) is 2.25. The van der Waals surface area contributed by atoms with E-state index in [9.17, 15) is 13.2 Å². The Morgan fingerprint density at radius 1 is 1.00 bits per heavy atom. The molecule has 2 amide bonds. The van der Waals surface area contributed by atoms with Crippen molar-refractivity contribution < 1.29 is 13.2 Å². The molecule has 3 aromatic rings. The van der Waals surface area contributed by atoms with E-state index in [1.54, 1.807) is 49.6 Å². The van der Waals surface area contributed by atoms with Crippen molar-refractivity contribution in [3.63, 3.8) is 0 Å². The first-order chi connectivity index (χ1) is 14.3. The Morgan fingerprint density at radius 2 is 1.77 bits per heavy atom. The highest BCUT2D eigenvalue weighted by Gasteiger charge is 2.15. The van der Waals surface area contributed by atoms with Gasteiger partial charge in [0.25, 0.3) is 0 Å². The van der Waals surface area contributed by atoms with E-state index in [-0.39, 0.29) is 10.9 Å². The van der Waals surface area contributed by atoms with E-state index in [1.165, 1.54) is 20.2 Å². The number of aromatic nitrogens is 3. The summed E-state index contributed by atoms with van der Waals surface area (Å²) >= 11 is 0. The highest BCUT2D eigenvalue weighted by molar-refractivity contribution is 7.89. The number of hydrogen-bond donors (Lipinski definition) is 4. The lowest BCUT2D eigenvalue weighted by Crippen LogP contribution is -2.24. The summed E-state index contributed by atoms with van der Waals surface area (Å²) in [6.07, 6.45) is 3.14. The number of amides is 2. The van der Waals surface area contributed by atoms with Gasteiger partial charge in [-0.25, -0.2) is 32.9 Å². The number of carbonyl (C=O) groups is 1. The van der Waals surface area contributed by atoms with Gasteiger partial charge in [-0.2, -0.15) is 0 Å². The van der Waals surface area contributed by atoms with E-state index in [0.717, 1.165) is 5.56 Å². The summed E-state index contributed by atoms with van der Waals surface area (Å²) in [5.41, 5.74) is 2.48. The number of nitrogens with one attached hydrogen (secondary N) is 4. The average molecular weight is 427 g/mol. The average Bonchev–Trinajstić information content (AvgIpc) is 2.75. The van der Waals surface area contributed by atoms with E-state index >= 15 is 0 Å². The first-order valence-electron chi connectivity index (χ1n) is 8.92. The van der Waals surface area contributed by atoms with E-state index in [0.29, 0.717) is 28.7 Å². The number of benzene rings is 1. The Labute approximate surface area is 174 Å². The van der Waals surface area contributed by atoms with Crippen LogP contribution in [0.5, 0.6) is 0 Å². The normalized spacial score (nSPS) is 11.0. The molecule has 0 radical (unpaired) electrons. The quantitative estimate of drug-likeness (QED) is 0.473. The number of pyridine rings is 1. The molecule has 0 aliphatic rings. The fourth-order valence-corrected chi connectivity index (χ4v) is 3.62. The van der Waals surface area contributed by atoms with Crippen LogP contribution >= 0.6 is 0 Å². The predicted molar refractivity (Wildman–Crippen MR) is 114 cm³/mol. The maximum Gasteiger partial charge on any atom is 0.320 e. The number of hydrogen-bond acceptors (Lipinski definition) is 7. The third-order valence-electron chi connectivity index (χ3n) is 4.18. The van der Waals surface area contributed by atoms with Gasteiger partial charge < -0.3 is 10.6 Å². The van der Waals surface area contributed by atoms with Gasteiger partial charge in [-0.15, -0.1) is 0 Å². The van der Waals surface area contributed by atoms with E-state index in [4.69, 9.17) is 0 Å². The van der Waals surface area contributed by atoms with Crippen LogP contribution in [0.1, 0.15) is 5.56 Å². The smallest absolute Gasteiger partial charge is 0.320 e. The molecule has 0 atom stereocenters. The van der Waals surface area contributed by atoms with Crippen molar-refractivity contribution in [1.82, 2.24) is 25.0 Å². The molecular formula is C19H21N7O3S. The van der Waals surface area contributed by atoms with Crippen LogP contribution in [0.25, 0.3) is 11.3 Å². The van der Waals surface area contributed by atoms with Crippen LogP contribution in [0.3, 0.4) is 0 Å². The fourth-order valence-electron chi connectivity index (χ4n) is 2.62. The third kappa shape index (κ3) is 4.88. The van der Waals surface area contributed by atoms with Crippen molar-refractivity contribution in [2.24, 2.45) is 0 Å². The van der Waals surface area contributed by atoms with Gasteiger partial charge in [0, 0.05) is 30.7 Å². The van der Waals surface area contributed by atoms with Gasteiger partial charge in [0.05, 0.1) is 10.6 Å². The van der Waals surface area contributed by atoms with Crippen LogP contribution in [0.4, 0.5) is 22.2 Å². The lowest BCUT2D eigenvalue weighted by molar-refractivity contribution is 0.254. The summed E-state index contributed by atoms with van der Waals surface area (Å²) in [4.78, 5) is 24.4. The molecule has 3 rings (SSSR count). The Balaban J connectivity index is 1.88. The number of rotatable bonds is 6. The summed E-state index contributed by atoms with van der Waals surface area (Å²) in [7, 11) is -0.711. The zero-order valence-electron chi connectivity index (χ0n) is 16.6. The zero-order valence-corrected chi connectivity index (χ0v) is 17.4. The van der Waals surface area contributed by atoms with Crippen molar-refractivity contribution >= 4 is 33.5 Å². The van der Waals surface area contributed by atoms with Gasteiger partial charge in [-0.05, 0) is 49.9 Å². The molecule has 0 aliphatic heterocycles. The van der Waals surface area contributed by atoms with Crippen molar-refractivity contribution in [3.8, 4) is 11.3 Å². The Kier molecular flexibility index (Phi) is 6.23. The Hall–Kier alpha value is -3.57. The summed E-state index contributed by atoms with van der Waals surface area (Å²) in [5.74, 6) is 0.669. The number of anilines is 3. The van der Waals surface area contributed by atoms with Gasteiger partial charge in [0.15, 0.2) is 0 Å². The van der Waals surface area contributed by atoms with Crippen molar-refractivity contribution in [3.05, 3.63) is 54.4 Å². The van der Waals surface area contributed by atoms with Gasteiger partial charge in [0.1, 0.15) is 5.82 Å². The number of urea groups is 1. The topological polar surface area (TPSA) is 138 Å². The third-order valence-corrected chi connectivity index (χ3v) is 5.74. The molecule has 0 aliphatic carbocycles. The monoisotopic (exact) mass is 427 g/mol. The van der Waals surface area contributed by atoms with E-state index < -0.39 is 10.0 Å². The first kappa shape index (κ1) is 21.1. The standard InChI is InChI=1S/C19H21N7O3S/c1-12-4-5-14(11-16(12)30(28,29)21-3)24-18-23-9-7-15(25-18)13-6-8-22-17(10-13)26-19(27)20-2/h4-11,21H,1-3H3,(H,23,24,25)(H2,20,22,26,27). The van der Waals surface area contributed by atoms with E-state index in [1.807, 2.05) is 0 Å². The number of aryl methyl sites for hydroxylation is 1. The highest BCUT2D eigenvalue weighted by atomic mass is 32.2. The lowest BCUT2D eigenvalue weighted by Gasteiger charge is -2.11. The molecule has 30 heavy (non-hydrogen) atoms. The molecule has 0 saturated heterocycles. The molecule has 4 N–H and O–H groups in total. The molecule has 2 heterocycles. The van der Waals surface area contributed by atoms with Gasteiger partial charge >= 0.3 is 6.03 Å². The number of sulfonamides is 1. The lowest BCUT2D eigenvalue weighted by atomic mass is 10.2. The SMILES string of the molecule is CNC(=O)Nc1cc(-c2ccnc(Nc3ccc(C)c(S(=O)(=O)NC)c3)n2)ccn1. The Bertz CT molecular complexity index is 1180. The second-order valence-corrected chi connectivity index (χ2v) is 8.07. The number of carbonyl (C=O) groups excluding carboxylic acids is 1. The molecule has 0 spiro atoms. The zero-order chi connectivity index (χ0) is 21.7. The Morgan fingerprint density at radius 3 is 2.50 bits per heavy atom. The molecule has 0 fully saturated rings. The molecule has 156 valence electrons. The molecular weight excluding hydrogens is 406 g/mol. The van der Waals surface area contributed by atoms with Crippen molar-refractivity contribution in [2.45, 2.75) is 11.8 Å². The van der Waals surface area contributed by atoms with E-state index in [2.05, 4.69) is 35.6 Å². The largest absolute Gasteiger partial charge is 0.341 e. The van der Waals surface area contributed by atoms with Gasteiger partial charge in [-0.3, -0.25) is 5.32 Å². The molecule has 0 saturated carbocycles. The van der Waals surface area contributed by atoms with Crippen LogP contribution < -0.4 is 20.7 Å². The highest BCUT2D eigenvalue weighted by Crippen LogP contribution is 2.24. The second-order valence-electron chi connectivity index (χ2n) is 6.21. The molecule has 2 aromatic heterocycles. The van der Waals surface area contributed by atoms with Gasteiger partial charge in [0.2, 0.25) is 16.0 Å².